The van der Waals surface area contributed by atoms with Gasteiger partial charge in [0.1, 0.15) is 6.04 Å². The lowest BCUT2D eigenvalue weighted by Crippen LogP contribution is -2.54. The average molecular weight is 514 g/mol. The third kappa shape index (κ3) is 7.40. The monoisotopic (exact) mass is 513 g/mol. The normalized spacial score (nSPS) is 15.4. The Hall–Kier alpha value is -2.71. The lowest BCUT2D eigenvalue weighted by Gasteiger charge is -2.33. The molecule has 3 rings (SSSR count). The first-order valence-corrected chi connectivity index (χ1v) is 14.3. The zero-order valence-corrected chi connectivity index (χ0v) is 22.5. The van der Waals surface area contributed by atoms with E-state index in [1.54, 1.807) is 29.2 Å². The van der Waals surface area contributed by atoms with Crippen molar-refractivity contribution >= 4 is 21.8 Å². The van der Waals surface area contributed by atoms with E-state index in [-0.39, 0.29) is 29.3 Å². The van der Waals surface area contributed by atoms with Crippen LogP contribution in [0.4, 0.5) is 0 Å². The van der Waals surface area contributed by atoms with Gasteiger partial charge in [0.25, 0.3) is 0 Å². The van der Waals surface area contributed by atoms with Gasteiger partial charge in [-0.05, 0) is 50.3 Å². The van der Waals surface area contributed by atoms with E-state index >= 15 is 0 Å². The molecule has 0 aliphatic heterocycles. The maximum absolute atomic E-state index is 13.5. The first-order valence-electron chi connectivity index (χ1n) is 12.9. The van der Waals surface area contributed by atoms with E-state index in [1.807, 2.05) is 44.2 Å². The number of carbonyl (C=O) groups is 2. The lowest BCUT2D eigenvalue weighted by molar-refractivity contribution is -0.141. The van der Waals surface area contributed by atoms with Gasteiger partial charge in [-0.1, -0.05) is 74.2 Å². The SMILES string of the molecule is CC[C@H](C(=O)NC1CCCCC1)N(CCc1ccccc1)C(=O)CN(C)S(=O)(=O)c1ccc(C)cc1. The Balaban J connectivity index is 1.78. The Labute approximate surface area is 215 Å². The molecule has 1 saturated carbocycles. The fourth-order valence-electron chi connectivity index (χ4n) is 4.70. The zero-order chi connectivity index (χ0) is 26.1. The second kappa shape index (κ2) is 13.0. The number of hydrogen-bond donors (Lipinski definition) is 1. The van der Waals surface area contributed by atoms with Crippen LogP contribution in [0.5, 0.6) is 0 Å². The standard InChI is InChI=1S/C28H39N3O4S/c1-4-26(28(33)29-24-13-9-6-10-14-24)31(20-19-23-11-7-5-8-12-23)27(32)21-30(3)36(34,35)25-17-15-22(2)16-18-25/h5,7-8,11-12,15-18,24,26H,4,6,9-10,13-14,19-21H2,1-3H3,(H,29,33)/t26-/m1/s1. The van der Waals surface area contributed by atoms with Gasteiger partial charge in [0.15, 0.2) is 0 Å². The number of carbonyl (C=O) groups excluding carboxylic acids is 2. The minimum atomic E-state index is -3.84. The molecule has 2 amide bonds. The van der Waals surface area contributed by atoms with Crippen molar-refractivity contribution < 1.29 is 18.0 Å². The summed E-state index contributed by atoms with van der Waals surface area (Å²) in [5, 5.41) is 3.15. The van der Waals surface area contributed by atoms with Crippen molar-refractivity contribution in [1.29, 1.82) is 0 Å². The fraction of sp³-hybridized carbons (Fsp3) is 0.500. The third-order valence-corrected chi connectivity index (χ3v) is 8.73. The summed E-state index contributed by atoms with van der Waals surface area (Å²) in [5.41, 5.74) is 2.01. The van der Waals surface area contributed by atoms with Crippen molar-refractivity contribution in [3.8, 4) is 0 Å². The predicted octanol–water partition coefficient (Wildman–Crippen LogP) is 3.91. The number of rotatable bonds is 11. The third-order valence-electron chi connectivity index (χ3n) is 6.91. The van der Waals surface area contributed by atoms with Crippen LogP contribution in [0, 0.1) is 6.92 Å². The number of amides is 2. The first-order chi connectivity index (χ1) is 17.2. The van der Waals surface area contributed by atoms with E-state index in [0.29, 0.717) is 19.4 Å². The summed E-state index contributed by atoms with van der Waals surface area (Å²) in [5.74, 6) is -0.537. The van der Waals surface area contributed by atoms with Gasteiger partial charge in [-0.25, -0.2) is 8.42 Å². The van der Waals surface area contributed by atoms with E-state index in [1.165, 1.54) is 13.5 Å². The molecule has 8 heteroatoms. The van der Waals surface area contributed by atoms with Crippen LogP contribution in [0.3, 0.4) is 0 Å². The molecule has 2 aromatic carbocycles. The van der Waals surface area contributed by atoms with E-state index in [0.717, 1.165) is 41.1 Å². The van der Waals surface area contributed by atoms with Crippen molar-refractivity contribution in [3.05, 3.63) is 65.7 Å². The Bertz CT molecular complexity index is 1100. The van der Waals surface area contributed by atoms with Gasteiger partial charge >= 0.3 is 0 Å². The molecule has 0 spiro atoms. The summed E-state index contributed by atoms with van der Waals surface area (Å²) in [6.45, 7) is 3.77. The fourth-order valence-corrected chi connectivity index (χ4v) is 5.82. The highest BCUT2D eigenvalue weighted by Crippen LogP contribution is 2.19. The van der Waals surface area contributed by atoms with Crippen LogP contribution < -0.4 is 5.32 Å². The molecule has 196 valence electrons. The van der Waals surface area contributed by atoms with Gasteiger partial charge in [-0.2, -0.15) is 4.31 Å². The van der Waals surface area contributed by atoms with Gasteiger partial charge in [-0.15, -0.1) is 0 Å². The number of likely N-dealkylation sites (N-methyl/N-ethyl adjacent to an activating group) is 1. The maximum atomic E-state index is 13.5. The molecule has 0 unspecified atom stereocenters. The van der Waals surface area contributed by atoms with Crippen LogP contribution in [0.25, 0.3) is 0 Å². The molecule has 36 heavy (non-hydrogen) atoms. The summed E-state index contributed by atoms with van der Waals surface area (Å²) in [7, 11) is -2.43. The van der Waals surface area contributed by atoms with Crippen molar-refractivity contribution in [2.24, 2.45) is 0 Å². The minimum absolute atomic E-state index is 0.135. The number of nitrogens with zero attached hydrogens (tertiary/aromatic N) is 2. The van der Waals surface area contributed by atoms with Crippen LogP contribution in [0.1, 0.15) is 56.6 Å². The van der Waals surface area contributed by atoms with Crippen molar-refractivity contribution in [1.82, 2.24) is 14.5 Å². The van der Waals surface area contributed by atoms with E-state index in [9.17, 15) is 18.0 Å². The zero-order valence-electron chi connectivity index (χ0n) is 21.7. The summed E-state index contributed by atoms with van der Waals surface area (Å²) in [6, 6.07) is 15.8. The molecule has 1 aliphatic carbocycles. The molecule has 0 radical (unpaired) electrons. The highest BCUT2D eigenvalue weighted by Gasteiger charge is 2.32. The summed E-state index contributed by atoms with van der Waals surface area (Å²) in [6.07, 6.45) is 6.32. The number of nitrogens with one attached hydrogen (secondary N) is 1. The summed E-state index contributed by atoms with van der Waals surface area (Å²) >= 11 is 0. The Morgan fingerprint density at radius 2 is 1.64 bits per heavy atom. The molecule has 0 saturated heterocycles. The molecule has 1 fully saturated rings. The predicted molar refractivity (Wildman–Crippen MR) is 142 cm³/mol. The van der Waals surface area contributed by atoms with Crippen LogP contribution in [0.15, 0.2) is 59.5 Å². The van der Waals surface area contributed by atoms with Gasteiger partial charge < -0.3 is 10.2 Å². The first kappa shape index (κ1) is 27.9. The summed E-state index contributed by atoms with van der Waals surface area (Å²) < 4.78 is 27.3. The highest BCUT2D eigenvalue weighted by molar-refractivity contribution is 7.89. The van der Waals surface area contributed by atoms with Crippen molar-refractivity contribution in [3.63, 3.8) is 0 Å². The number of sulfonamides is 1. The van der Waals surface area contributed by atoms with Gasteiger partial charge in [0.2, 0.25) is 21.8 Å². The smallest absolute Gasteiger partial charge is 0.243 e. The van der Waals surface area contributed by atoms with Gasteiger partial charge in [-0.3, -0.25) is 9.59 Å². The quantitative estimate of drug-likeness (QED) is 0.494. The molecule has 1 aliphatic rings. The number of hydrogen-bond acceptors (Lipinski definition) is 4. The van der Waals surface area contributed by atoms with Crippen molar-refractivity contribution in [2.75, 3.05) is 20.1 Å². The maximum Gasteiger partial charge on any atom is 0.243 e. The average Bonchev–Trinajstić information content (AvgIpc) is 2.87. The second-order valence-corrected chi connectivity index (χ2v) is 11.7. The Morgan fingerprint density at radius 3 is 2.25 bits per heavy atom. The van der Waals surface area contributed by atoms with Crippen LogP contribution >= 0.6 is 0 Å². The van der Waals surface area contributed by atoms with Crippen LogP contribution in [-0.4, -0.2) is 61.7 Å². The largest absolute Gasteiger partial charge is 0.352 e. The molecule has 1 atom stereocenters. The lowest BCUT2D eigenvalue weighted by atomic mass is 9.95. The molecule has 0 heterocycles. The molecule has 2 aromatic rings. The van der Waals surface area contributed by atoms with E-state index in [4.69, 9.17) is 0 Å². The topological polar surface area (TPSA) is 86.8 Å². The molecule has 0 aromatic heterocycles. The van der Waals surface area contributed by atoms with E-state index < -0.39 is 16.1 Å². The van der Waals surface area contributed by atoms with Crippen molar-refractivity contribution in [2.45, 2.75) is 75.8 Å². The highest BCUT2D eigenvalue weighted by atomic mass is 32.2. The second-order valence-electron chi connectivity index (χ2n) is 9.66. The van der Waals surface area contributed by atoms with Crippen LogP contribution in [-0.2, 0) is 26.0 Å². The molecule has 1 N–H and O–H groups in total. The van der Waals surface area contributed by atoms with E-state index in [2.05, 4.69) is 5.32 Å². The van der Waals surface area contributed by atoms with Crippen LogP contribution in [0.2, 0.25) is 0 Å². The molecule has 7 nitrogen and oxygen atoms in total. The van der Waals surface area contributed by atoms with Gasteiger partial charge in [0.05, 0.1) is 11.4 Å². The molecular weight excluding hydrogens is 474 g/mol. The summed E-state index contributed by atoms with van der Waals surface area (Å²) in [4.78, 5) is 28.5. The molecule has 0 bridgehead atoms. The Kier molecular flexibility index (Phi) is 10.1. The minimum Gasteiger partial charge on any atom is -0.352 e. The Morgan fingerprint density at radius 1 is 1.00 bits per heavy atom. The van der Waals surface area contributed by atoms with Gasteiger partial charge in [0, 0.05) is 19.6 Å². The molecular formula is C28H39N3O4S. The number of benzene rings is 2. The number of aryl methyl sites for hydroxylation is 1.